The molecule has 0 spiro atoms. The van der Waals surface area contributed by atoms with E-state index in [4.69, 9.17) is 11.6 Å². The lowest BCUT2D eigenvalue weighted by atomic mass is 10.2. The molecule has 3 amide bonds. The minimum absolute atomic E-state index is 0.121. The van der Waals surface area contributed by atoms with Gasteiger partial charge in [-0.1, -0.05) is 17.7 Å². The quantitative estimate of drug-likeness (QED) is 0.909. The van der Waals surface area contributed by atoms with Crippen LogP contribution in [-0.4, -0.2) is 47.9 Å². The number of carbonyl (C=O) groups is 2. The number of piperazine rings is 1. The van der Waals surface area contributed by atoms with E-state index in [9.17, 15) is 9.59 Å². The third-order valence-corrected chi connectivity index (χ3v) is 5.05. The average Bonchev–Trinajstić information content (AvgIpc) is 3.10. The SMILES string of the molecule is O=C(Cc1cccs1)N1CCN(C(=O)Nc2ccc(Cl)cc2)CC1. The van der Waals surface area contributed by atoms with Crippen molar-refractivity contribution in [2.45, 2.75) is 6.42 Å². The van der Waals surface area contributed by atoms with E-state index < -0.39 is 0 Å². The largest absolute Gasteiger partial charge is 0.339 e. The van der Waals surface area contributed by atoms with E-state index in [1.54, 1.807) is 40.5 Å². The van der Waals surface area contributed by atoms with Crippen molar-refractivity contribution in [1.29, 1.82) is 0 Å². The summed E-state index contributed by atoms with van der Waals surface area (Å²) in [4.78, 5) is 29.2. The van der Waals surface area contributed by atoms with Crippen LogP contribution in [-0.2, 0) is 11.2 Å². The average molecular weight is 364 g/mol. The summed E-state index contributed by atoms with van der Waals surface area (Å²) >= 11 is 7.42. The molecule has 7 heteroatoms. The van der Waals surface area contributed by atoms with Gasteiger partial charge in [-0.05, 0) is 35.7 Å². The molecule has 0 bridgehead atoms. The Morgan fingerprint density at radius 1 is 1.04 bits per heavy atom. The maximum atomic E-state index is 12.3. The normalized spacial score (nSPS) is 14.5. The van der Waals surface area contributed by atoms with Crippen LogP contribution in [0, 0.1) is 0 Å². The molecule has 0 atom stereocenters. The van der Waals surface area contributed by atoms with Gasteiger partial charge in [0.15, 0.2) is 0 Å². The lowest BCUT2D eigenvalue weighted by Gasteiger charge is -2.34. The van der Waals surface area contributed by atoms with E-state index >= 15 is 0 Å². The van der Waals surface area contributed by atoms with Crippen LogP contribution in [0.1, 0.15) is 4.88 Å². The van der Waals surface area contributed by atoms with Crippen molar-refractivity contribution in [1.82, 2.24) is 9.80 Å². The highest BCUT2D eigenvalue weighted by Crippen LogP contribution is 2.15. The van der Waals surface area contributed by atoms with Crippen molar-refractivity contribution in [3.8, 4) is 0 Å². The maximum absolute atomic E-state index is 12.3. The molecule has 0 saturated carbocycles. The number of hydrogen-bond donors (Lipinski definition) is 1. The zero-order valence-corrected chi connectivity index (χ0v) is 14.6. The Morgan fingerprint density at radius 2 is 1.71 bits per heavy atom. The first-order valence-corrected chi connectivity index (χ1v) is 8.99. The fraction of sp³-hybridized carbons (Fsp3) is 0.294. The van der Waals surface area contributed by atoms with Crippen LogP contribution >= 0.6 is 22.9 Å². The molecule has 1 aliphatic rings. The Morgan fingerprint density at radius 3 is 2.33 bits per heavy atom. The molecule has 5 nitrogen and oxygen atoms in total. The lowest BCUT2D eigenvalue weighted by Crippen LogP contribution is -2.52. The second-order valence-corrected chi connectivity index (χ2v) is 7.03. The number of amides is 3. The van der Waals surface area contributed by atoms with Gasteiger partial charge in [0, 0.05) is 41.8 Å². The molecular formula is C17H18ClN3O2S. The van der Waals surface area contributed by atoms with Gasteiger partial charge in [-0.25, -0.2) is 4.79 Å². The topological polar surface area (TPSA) is 52.7 Å². The van der Waals surface area contributed by atoms with Gasteiger partial charge in [-0.15, -0.1) is 11.3 Å². The Balaban J connectivity index is 1.48. The lowest BCUT2D eigenvalue weighted by molar-refractivity contribution is -0.131. The Kier molecular flexibility index (Phi) is 5.37. The minimum Gasteiger partial charge on any atom is -0.339 e. The molecule has 1 saturated heterocycles. The van der Waals surface area contributed by atoms with Crippen molar-refractivity contribution < 1.29 is 9.59 Å². The number of carbonyl (C=O) groups excluding carboxylic acids is 2. The van der Waals surface area contributed by atoms with Crippen molar-refractivity contribution in [3.05, 3.63) is 51.7 Å². The molecule has 0 unspecified atom stereocenters. The van der Waals surface area contributed by atoms with E-state index in [0.717, 1.165) is 4.88 Å². The molecule has 1 aliphatic heterocycles. The van der Waals surface area contributed by atoms with E-state index in [0.29, 0.717) is 43.3 Å². The van der Waals surface area contributed by atoms with Gasteiger partial charge in [0.2, 0.25) is 5.91 Å². The van der Waals surface area contributed by atoms with Gasteiger partial charge >= 0.3 is 6.03 Å². The molecule has 0 radical (unpaired) electrons. The van der Waals surface area contributed by atoms with E-state index in [-0.39, 0.29) is 11.9 Å². The number of anilines is 1. The fourth-order valence-electron chi connectivity index (χ4n) is 2.57. The summed E-state index contributed by atoms with van der Waals surface area (Å²) in [6.07, 6.45) is 0.439. The van der Waals surface area contributed by atoms with Gasteiger partial charge in [0.25, 0.3) is 0 Å². The number of thiophene rings is 1. The summed E-state index contributed by atoms with van der Waals surface area (Å²) in [7, 11) is 0. The predicted molar refractivity (Wildman–Crippen MR) is 96.6 cm³/mol. The molecule has 1 N–H and O–H groups in total. The third-order valence-electron chi connectivity index (χ3n) is 3.92. The minimum atomic E-state index is -0.150. The van der Waals surface area contributed by atoms with Crippen LogP contribution in [0.25, 0.3) is 0 Å². The smallest absolute Gasteiger partial charge is 0.321 e. The molecular weight excluding hydrogens is 346 g/mol. The summed E-state index contributed by atoms with van der Waals surface area (Å²) in [5.74, 6) is 0.121. The van der Waals surface area contributed by atoms with Gasteiger partial charge in [-0.3, -0.25) is 4.79 Å². The number of nitrogens with zero attached hydrogens (tertiary/aromatic N) is 2. The van der Waals surface area contributed by atoms with Gasteiger partial charge in [0.05, 0.1) is 6.42 Å². The van der Waals surface area contributed by atoms with Crippen LogP contribution in [0.15, 0.2) is 41.8 Å². The maximum Gasteiger partial charge on any atom is 0.321 e. The molecule has 0 aliphatic carbocycles. The summed E-state index contributed by atoms with van der Waals surface area (Å²) < 4.78 is 0. The number of urea groups is 1. The summed E-state index contributed by atoms with van der Waals surface area (Å²) in [6.45, 7) is 2.21. The first-order chi connectivity index (χ1) is 11.6. The molecule has 2 heterocycles. The Labute approximate surface area is 149 Å². The number of nitrogens with one attached hydrogen (secondary N) is 1. The van der Waals surface area contributed by atoms with Crippen molar-refractivity contribution in [2.24, 2.45) is 0 Å². The van der Waals surface area contributed by atoms with Crippen LogP contribution in [0.2, 0.25) is 5.02 Å². The summed E-state index contributed by atoms with van der Waals surface area (Å²) in [5.41, 5.74) is 0.709. The van der Waals surface area contributed by atoms with Crippen molar-refractivity contribution in [2.75, 3.05) is 31.5 Å². The molecule has 24 heavy (non-hydrogen) atoms. The predicted octanol–water partition coefficient (Wildman–Crippen LogP) is 3.32. The molecule has 1 fully saturated rings. The van der Waals surface area contributed by atoms with Crippen LogP contribution in [0.5, 0.6) is 0 Å². The first-order valence-electron chi connectivity index (χ1n) is 7.73. The van der Waals surface area contributed by atoms with Gasteiger partial charge in [-0.2, -0.15) is 0 Å². The summed E-state index contributed by atoms with van der Waals surface area (Å²) in [6, 6.07) is 10.8. The van der Waals surface area contributed by atoms with Crippen LogP contribution in [0.3, 0.4) is 0 Å². The zero-order chi connectivity index (χ0) is 16.9. The fourth-order valence-corrected chi connectivity index (χ4v) is 3.39. The second kappa shape index (κ2) is 7.68. The first kappa shape index (κ1) is 16.8. The zero-order valence-electron chi connectivity index (χ0n) is 13.1. The van der Waals surface area contributed by atoms with Crippen molar-refractivity contribution in [3.63, 3.8) is 0 Å². The van der Waals surface area contributed by atoms with E-state index in [1.165, 1.54) is 0 Å². The summed E-state index contributed by atoms with van der Waals surface area (Å²) in [5, 5.41) is 5.45. The molecule has 1 aromatic heterocycles. The number of rotatable bonds is 3. The molecule has 126 valence electrons. The van der Waals surface area contributed by atoms with Crippen molar-refractivity contribution >= 4 is 40.6 Å². The highest BCUT2D eigenvalue weighted by atomic mass is 35.5. The van der Waals surface area contributed by atoms with Crippen LogP contribution in [0.4, 0.5) is 10.5 Å². The van der Waals surface area contributed by atoms with E-state index in [2.05, 4.69) is 5.32 Å². The van der Waals surface area contributed by atoms with Gasteiger partial charge < -0.3 is 15.1 Å². The Bertz CT molecular complexity index is 695. The van der Waals surface area contributed by atoms with Crippen LogP contribution < -0.4 is 5.32 Å². The van der Waals surface area contributed by atoms with Gasteiger partial charge in [0.1, 0.15) is 0 Å². The molecule has 3 rings (SSSR count). The van der Waals surface area contributed by atoms with E-state index in [1.807, 2.05) is 22.4 Å². The monoisotopic (exact) mass is 363 g/mol. The Hall–Kier alpha value is -2.05. The highest BCUT2D eigenvalue weighted by molar-refractivity contribution is 7.10. The number of benzene rings is 1. The number of hydrogen-bond acceptors (Lipinski definition) is 3. The highest BCUT2D eigenvalue weighted by Gasteiger charge is 2.24. The molecule has 2 aromatic rings. The molecule has 1 aromatic carbocycles. The third kappa shape index (κ3) is 4.27. The number of halogens is 1. The second-order valence-electron chi connectivity index (χ2n) is 5.56. The standard InChI is InChI=1S/C17H18ClN3O2S/c18-13-3-5-14(6-4-13)19-17(23)21-9-7-20(8-10-21)16(22)12-15-2-1-11-24-15/h1-6,11H,7-10,12H2,(H,19,23).